The van der Waals surface area contributed by atoms with Gasteiger partial charge in [-0.15, -0.1) is 24.0 Å². The Morgan fingerprint density at radius 1 is 1.31 bits per heavy atom. The maximum atomic E-state index is 5.94. The lowest BCUT2D eigenvalue weighted by atomic mass is 10.2. The standard InChI is InChI=1S/C18H30N4O3.HI/c1-3-25-17-13-15(5-6-16(17)23-2)14-21-18(19)20-7-4-8-22-9-11-24-12-10-22;/h5-6,13H,3-4,7-12,14H2,1-2H3,(H3,19,20,21);1H. The molecular formula is C18H31IN4O3. The van der Waals surface area contributed by atoms with Crippen LogP contribution in [-0.2, 0) is 11.3 Å². The summed E-state index contributed by atoms with van der Waals surface area (Å²) in [6.07, 6.45) is 1.03. The molecule has 0 amide bonds. The van der Waals surface area contributed by atoms with Crippen LogP contribution >= 0.6 is 24.0 Å². The maximum absolute atomic E-state index is 5.94. The smallest absolute Gasteiger partial charge is 0.188 e. The van der Waals surface area contributed by atoms with Crippen molar-refractivity contribution in [1.82, 2.24) is 10.2 Å². The van der Waals surface area contributed by atoms with Crippen molar-refractivity contribution < 1.29 is 14.2 Å². The van der Waals surface area contributed by atoms with Crippen molar-refractivity contribution >= 4 is 29.9 Å². The largest absolute Gasteiger partial charge is 0.493 e. The van der Waals surface area contributed by atoms with Crippen LogP contribution in [0, 0.1) is 0 Å². The highest BCUT2D eigenvalue weighted by molar-refractivity contribution is 14.0. The molecule has 0 unspecified atom stereocenters. The third-order valence-corrected chi connectivity index (χ3v) is 4.02. The van der Waals surface area contributed by atoms with Crippen molar-refractivity contribution in [2.45, 2.75) is 19.9 Å². The predicted octanol–water partition coefficient (Wildman–Crippen LogP) is 1.84. The number of morpholine rings is 1. The van der Waals surface area contributed by atoms with Gasteiger partial charge in [-0.1, -0.05) is 6.07 Å². The zero-order valence-electron chi connectivity index (χ0n) is 15.7. The Kier molecular flexibility index (Phi) is 11.4. The summed E-state index contributed by atoms with van der Waals surface area (Å²) >= 11 is 0. The van der Waals surface area contributed by atoms with Crippen LogP contribution in [0.25, 0.3) is 0 Å². The zero-order valence-corrected chi connectivity index (χ0v) is 18.0. The van der Waals surface area contributed by atoms with Crippen LogP contribution < -0.4 is 20.5 Å². The van der Waals surface area contributed by atoms with E-state index in [1.54, 1.807) is 7.11 Å². The summed E-state index contributed by atoms with van der Waals surface area (Å²) in [4.78, 5) is 6.80. The van der Waals surface area contributed by atoms with Crippen LogP contribution in [-0.4, -0.2) is 64.0 Å². The lowest BCUT2D eigenvalue weighted by Crippen LogP contribution is -2.39. The van der Waals surface area contributed by atoms with Gasteiger partial charge >= 0.3 is 0 Å². The van der Waals surface area contributed by atoms with E-state index in [0.29, 0.717) is 19.1 Å². The van der Waals surface area contributed by atoms with Crippen LogP contribution in [0.15, 0.2) is 23.2 Å². The molecule has 0 aromatic heterocycles. The van der Waals surface area contributed by atoms with Gasteiger partial charge in [0.2, 0.25) is 0 Å². The Hall–Kier alpha value is -1.26. The molecule has 3 N–H and O–H groups in total. The number of aliphatic imine (C=N–C) groups is 1. The molecule has 0 bridgehead atoms. The van der Waals surface area contributed by atoms with Gasteiger partial charge in [0.1, 0.15) is 0 Å². The van der Waals surface area contributed by atoms with Crippen molar-refractivity contribution in [2.24, 2.45) is 10.7 Å². The fourth-order valence-electron chi connectivity index (χ4n) is 2.66. The molecule has 1 saturated heterocycles. The molecule has 0 radical (unpaired) electrons. The van der Waals surface area contributed by atoms with Gasteiger partial charge in [-0.2, -0.15) is 0 Å². The van der Waals surface area contributed by atoms with Crippen molar-refractivity contribution in [2.75, 3.05) is 53.1 Å². The molecule has 1 aromatic rings. The monoisotopic (exact) mass is 478 g/mol. The first-order valence-corrected chi connectivity index (χ1v) is 8.86. The zero-order chi connectivity index (χ0) is 17.9. The summed E-state index contributed by atoms with van der Waals surface area (Å²) in [6.45, 7) is 8.63. The molecule has 0 spiro atoms. The summed E-state index contributed by atoms with van der Waals surface area (Å²) in [6, 6.07) is 5.80. The van der Waals surface area contributed by atoms with E-state index in [1.165, 1.54) is 0 Å². The summed E-state index contributed by atoms with van der Waals surface area (Å²) < 4.78 is 16.2. The predicted molar refractivity (Wildman–Crippen MR) is 115 cm³/mol. The molecule has 1 aromatic carbocycles. The highest BCUT2D eigenvalue weighted by atomic mass is 127. The fourth-order valence-corrected chi connectivity index (χ4v) is 2.66. The summed E-state index contributed by atoms with van der Waals surface area (Å²) in [7, 11) is 1.63. The SMILES string of the molecule is CCOc1cc(CN=C(N)NCCCN2CCOCC2)ccc1OC.I. The number of guanidine groups is 1. The Balaban J connectivity index is 0.00000338. The highest BCUT2D eigenvalue weighted by Gasteiger charge is 2.09. The van der Waals surface area contributed by atoms with E-state index in [1.807, 2.05) is 25.1 Å². The molecule has 0 atom stereocenters. The van der Waals surface area contributed by atoms with Gasteiger partial charge in [0.05, 0.1) is 33.5 Å². The van der Waals surface area contributed by atoms with Crippen LogP contribution in [0.3, 0.4) is 0 Å². The minimum atomic E-state index is 0. The van der Waals surface area contributed by atoms with Gasteiger partial charge in [-0.25, -0.2) is 4.99 Å². The van der Waals surface area contributed by atoms with Crippen LogP contribution in [0.4, 0.5) is 0 Å². The first-order valence-electron chi connectivity index (χ1n) is 8.86. The molecule has 1 heterocycles. The minimum absolute atomic E-state index is 0. The molecule has 148 valence electrons. The van der Waals surface area contributed by atoms with Crippen LogP contribution in [0.5, 0.6) is 11.5 Å². The van der Waals surface area contributed by atoms with Gasteiger partial charge in [0, 0.05) is 19.6 Å². The van der Waals surface area contributed by atoms with Gasteiger partial charge in [0.25, 0.3) is 0 Å². The lowest BCUT2D eigenvalue weighted by molar-refractivity contribution is 0.0376. The molecule has 1 fully saturated rings. The van der Waals surface area contributed by atoms with Crippen molar-refractivity contribution in [3.8, 4) is 11.5 Å². The fraction of sp³-hybridized carbons (Fsp3) is 0.611. The van der Waals surface area contributed by atoms with E-state index in [0.717, 1.165) is 62.9 Å². The van der Waals surface area contributed by atoms with E-state index >= 15 is 0 Å². The van der Waals surface area contributed by atoms with Gasteiger partial charge in [-0.05, 0) is 37.6 Å². The summed E-state index contributed by atoms with van der Waals surface area (Å²) in [5, 5.41) is 3.17. The third-order valence-electron chi connectivity index (χ3n) is 4.02. The molecule has 2 rings (SSSR count). The third kappa shape index (κ3) is 7.96. The molecule has 1 aliphatic heterocycles. The molecule has 0 aliphatic carbocycles. The Morgan fingerprint density at radius 3 is 2.77 bits per heavy atom. The second-order valence-electron chi connectivity index (χ2n) is 5.85. The van der Waals surface area contributed by atoms with Gasteiger partial charge < -0.3 is 25.3 Å². The van der Waals surface area contributed by atoms with E-state index in [9.17, 15) is 0 Å². The van der Waals surface area contributed by atoms with Gasteiger partial charge in [0.15, 0.2) is 17.5 Å². The van der Waals surface area contributed by atoms with Crippen molar-refractivity contribution in [3.63, 3.8) is 0 Å². The Labute approximate surface area is 173 Å². The lowest BCUT2D eigenvalue weighted by Gasteiger charge is -2.26. The van der Waals surface area contributed by atoms with E-state index in [2.05, 4.69) is 15.2 Å². The van der Waals surface area contributed by atoms with Gasteiger partial charge in [-0.3, -0.25) is 4.90 Å². The molecular weight excluding hydrogens is 447 g/mol. The highest BCUT2D eigenvalue weighted by Crippen LogP contribution is 2.28. The average Bonchev–Trinajstić information content (AvgIpc) is 2.65. The quantitative estimate of drug-likeness (QED) is 0.244. The topological polar surface area (TPSA) is 81.3 Å². The number of hydrogen-bond donors (Lipinski definition) is 2. The minimum Gasteiger partial charge on any atom is -0.493 e. The second-order valence-corrected chi connectivity index (χ2v) is 5.85. The molecule has 8 heteroatoms. The Morgan fingerprint density at radius 2 is 2.08 bits per heavy atom. The number of methoxy groups -OCH3 is 1. The second kappa shape index (κ2) is 13.0. The number of rotatable bonds is 9. The summed E-state index contributed by atoms with van der Waals surface area (Å²) in [5.41, 5.74) is 6.97. The van der Waals surface area contributed by atoms with E-state index in [-0.39, 0.29) is 24.0 Å². The van der Waals surface area contributed by atoms with E-state index < -0.39 is 0 Å². The average molecular weight is 478 g/mol. The molecule has 7 nitrogen and oxygen atoms in total. The number of hydrogen-bond acceptors (Lipinski definition) is 5. The van der Waals surface area contributed by atoms with Crippen molar-refractivity contribution in [3.05, 3.63) is 23.8 Å². The number of halogens is 1. The van der Waals surface area contributed by atoms with E-state index in [4.69, 9.17) is 19.9 Å². The first kappa shape index (κ1) is 22.8. The number of benzene rings is 1. The molecule has 1 aliphatic rings. The van der Waals surface area contributed by atoms with Crippen LogP contribution in [0.1, 0.15) is 18.9 Å². The Bertz CT molecular complexity index is 551. The van der Waals surface area contributed by atoms with Crippen LogP contribution in [0.2, 0.25) is 0 Å². The molecule has 26 heavy (non-hydrogen) atoms. The number of nitrogens with one attached hydrogen (secondary N) is 1. The normalized spacial score (nSPS) is 15.2. The number of nitrogens with zero attached hydrogens (tertiary/aromatic N) is 2. The number of nitrogens with two attached hydrogens (primary N) is 1. The van der Waals surface area contributed by atoms with Crippen molar-refractivity contribution in [1.29, 1.82) is 0 Å². The summed E-state index contributed by atoms with van der Waals surface area (Å²) in [5.74, 6) is 1.93. The number of ether oxygens (including phenoxy) is 3. The first-order chi connectivity index (χ1) is 12.2. The molecule has 0 saturated carbocycles. The maximum Gasteiger partial charge on any atom is 0.188 e.